The van der Waals surface area contributed by atoms with Crippen LogP contribution >= 0.6 is 0 Å². The second kappa shape index (κ2) is 8.07. The molecule has 3 aromatic rings. The molecule has 0 aromatic heterocycles. The van der Waals surface area contributed by atoms with Crippen molar-refractivity contribution in [2.75, 3.05) is 6.61 Å². The standard InChI is InChI=1S/C26H19N3O2/c1-28-20-7-4-6-17(11-20)18-9-10-25-22(12-18)24(29-16-27)13-26(31-25)23-15-30-14-19-5-2-3-8-21(19)23/h2-12,23,26H,13-15H2. The number of benzene rings is 3. The van der Waals surface area contributed by atoms with Gasteiger partial charge in [0.1, 0.15) is 11.9 Å². The van der Waals surface area contributed by atoms with E-state index in [2.05, 4.69) is 22.0 Å². The monoisotopic (exact) mass is 405 g/mol. The summed E-state index contributed by atoms with van der Waals surface area (Å²) in [5, 5.41) is 9.32. The van der Waals surface area contributed by atoms with Crippen LogP contribution in [0.25, 0.3) is 16.0 Å². The van der Waals surface area contributed by atoms with Crippen LogP contribution in [-0.2, 0) is 11.3 Å². The Kier molecular flexibility index (Phi) is 4.96. The zero-order valence-corrected chi connectivity index (χ0v) is 16.8. The molecule has 0 N–H and O–H groups in total. The molecule has 5 rings (SSSR count). The molecule has 2 aliphatic heterocycles. The Bertz CT molecular complexity index is 1270. The van der Waals surface area contributed by atoms with Gasteiger partial charge in [-0.25, -0.2) is 4.85 Å². The van der Waals surface area contributed by atoms with Gasteiger partial charge in [-0.1, -0.05) is 48.5 Å². The predicted molar refractivity (Wildman–Crippen MR) is 118 cm³/mol. The van der Waals surface area contributed by atoms with Crippen molar-refractivity contribution in [3.8, 4) is 23.1 Å². The Hall–Kier alpha value is -3.93. The second-order valence-electron chi connectivity index (χ2n) is 7.71. The molecule has 0 saturated carbocycles. The van der Waals surface area contributed by atoms with Gasteiger partial charge in [-0.05, 0) is 40.5 Å². The van der Waals surface area contributed by atoms with E-state index in [0.29, 0.717) is 25.3 Å². The van der Waals surface area contributed by atoms with Gasteiger partial charge >= 0.3 is 0 Å². The summed E-state index contributed by atoms with van der Waals surface area (Å²) in [5.41, 5.74) is 6.47. The van der Waals surface area contributed by atoms with Gasteiger partial charge < -0.3 is 9.47 Å². The fraction of sp³-hybridized carbons (Fsp3) is 0.192. The number of hydrogen-bond acceptors (Lipinski definition) is 4. The summed E-state index contributed by atoms with van der Waals surface area (Å²) in [6.07, 6.45) is 2.34. The molecule has 0 radical (unpaired) electrons. The first-order valence-electron chi connectivity index (χ1n) is 10.2. The van der Waals surface area contributed by atoms with Crippen LogP contribution in [0.2, 0.25) is 0 Å². The first-order chi connectivity index (χ1) is 15.3. The van der Waals surface area contributed by atoms with Gasteiger partial charge in [-0.3, -0.25) is 0 Å². The summed E-state index contributed by atoms with van der Waals surface area (Å²) in [7, 11) is 0. The summed E-state index contributed by atoms with van der Waals surface area (Å²) in [6, 6.07) is 21.7. The van der Waals surface area contributed by atoms with Crippen LogP contribution in [0.5, 0.6) is 5.75 Å². The fourth-order valence-electron chi connectivity index (χ4n) is 4.41. The van der Waals surface area contributed by atoms with Crippen molar-refractivity contribution >= 4 is 11.4 Å². The summed E-state index contributed by atoms with van der Waals surface area (Å²) in [6.45, 7) is 8.45. The number of aliphatic imine (C=N–C) groups is 1. The summed E-state index contributed by atoms with van der Waals surface area (Å²) in [5.74, 6) is 0.801. The van der Waals surface area contributed by atoms with E-state index in [9.17, 15) is 5.26 Å². The fourth-order valence-corrected chi connectivity index (χ4v) is 4.41. The third-order valence-corrected chi connectivity index (χ3v) is 5.92. The zero-order valence-electron chi connectivity index (χ0n) is 16.8. The summed E-state index contributed by atoms with van der Waals surface area (Å²) in [4.78, 5) is 7.66. The molecule has 0 aliphatic carbocycles. The SMILES string of the molecule is [C-]#[N+]c1cccc(-c2ccc3c(c2)C(=NC#N)CC(C2COCc4ccccc42)O3)c1. The highest BCUT2D eigenvalue weighted by molar-refractivity contribution is 6.05. The maximum Gasteiger partial charge on any atom is 0.205 e. The lowest BCUT2D eigenvalue weighted by Gasteiger charge is -2.36. The number of fused-ring (bicyclic) bond motifs is 2. The third kappa shape index (κ3) is 3.57. The van der Waals surface area contributed by atoms with Gasteiger partial charge in [0, 0.05) is 17.9 Å². The largest absolute Gasteiger partial charge is 0.489 e. The zero-order chi connectivity index (χ0) is 21.2. The van der Waals surface area contributed by atoms with E-state index < -0.39 is 0 Å². The van der Waals surface area contributed by atoms with Crippen LogP contribution in [0.1, 0.15) is 29.0 Å². The van der Waals surface area contributed by atoms with Crippen LogP contribution in [0.4, 0.5) is 5.69 Å². The summed E-state index contributed by atoms with van der Waals surface area (Å²) < 4.78 is 12.3. The molecule has 0 fully saturated rings. The van der Waals surface area contributed by atoms with Crippen molar-refractivity contribution in [2.45, 2.75) is 25.0 Å². The molecule has 2 heterocycles. The van der Waals surface area contributed by atoms with Crippen LogP contribution in [0.3, 0.4) is 0 Å². The molecular weight excluding hydrogens is 386 g/mol. The number of nitriles is 1. The first kappa shape index (κ1) is 19.1. The van der Waals surface area contributed by atoms with Gasteiger partial charge in [-0.15, -0.1) is 0 Å². The maximum absolute atomic E-state index is 9.32. The Morgan fingerprint density at radius 1 is 1.03 bits per heavy atom. The van der Waals surface area contributed by atoms with Gasteiger partial charge in [-0.2, -0.15) is 10.3 Å². The van der Waals surface area contributed by atoms with E-state index in [0.717, 1.165) is 28.2 Å². The molecule has 0 spiro atoms. The number of rotatable bonds is 2. The van der Waals surface area contributed by atoms with Gasteiger partial charge in [0.25, 0.3) is 0 Å². The maximum atomic E-state index is 9.32. The smallest absolute Gasteiger partial charge is 0.205 e. The van der Waals surface area contributed by atoms with Gasteiger partial charge in [0.15, 0.2) is 5.69 Å². The second-order valence-corrected chi connectivity index (χ2v) is 7.71. The minimum Gasteiger partial charge on any atom is -0.489 e. The quantitative estimate of drug-likeness (QED) is 0.409. The number of nitrogens with zero attached hydrogens (tertiary/aromatic N) is 3. The van der Waals surface area contributed by atoms with Crippen molar-refractivity contribution in [3.05, 3.63) is 94.8 Å². The highest BCUT2D eigenvalue weighted by Gasteiger charge is 2.35. The Morgan fingerprint density at radius 3 is 2.77 bits per heavy atom. The van der Waals surface area contributed by atoms with Crippen molar-refractivity contribution in [2.24, 2.45) is 4.99 Å². The lowest BCUT2D eigenvalue weighted by atomic mass is 9.84. The molecule has 5 heteroatoms. The molecule has 0 amide bonds. The Balaban J connectivity index is 1.52. The Labute approximate surface area is 181 Å². The third-order valence-electron chi connectivity index (χ3n) is 5.92. The Morgan fingerprint density at radius 2 is 1.90 bits per heavy atom. The molecule has 2 atom stereocenters. The van der Waals surface area contributed by atoms with E-state index in [1.54, 1.807) is 6.07 Å². The topological polar surface area (TPSA) is 59.0 Å². The predicted octanol–water partition coefficient (Wildman–Crippen LogP) is 5.64. The van der Waals surface area contributed by atoms with Crippen LogP contribution in [0.15, 0.2) is 71.7 Å². The van der Waals surface area contributed by atoms with Crippen molar-refractivity contribution < 1.29 is 9.47 Å². The van der Waals surface area contributed by atoms with E-state index in [4.69, 9.17) is 16.0 Å². The van der Waals surface area contributed by atoms with Crippen LogP contribution in [0, 0.1) is 18.0 Å². The normalized spacial score (nSPS) is 20.6. The lowest BCUT2D eigenvalue weighted by Crippen LogP contribution is -2.37. The van der Waals surface area contributed by atoms with Gasteiger partial charge in [0.05, 0.1) is 25.5 Å². The van der Waals surface area contributed by atoms with Crippen LogP contribution < -0.4 is 4.74 Å². The molecule has 0 bridgehead atoms. The molecule has 3 aromatic carbocycles. The average molecular weight is 405 g/mol. The van der Waals surface area contributed by atoms with Gasteiger partial charge in [0.2, 0.25) is 6.19 Å². The van der Waals surface area contributed by atoms with E-state index in [1.165, 1.54) is 11.1 Å². The molecule has 31 heavy (non-hydrogen) atoms. The highest BCUT2D eigenvalue weighted by atomic mass is 16.5. The average Bonchev–Trinajstić information content (AvgIpc) is 2.83. The van der Waals surface area contributed by atoms with Crippen molar-refractivity contribution in [1.29, 1.82) is 5.26 Å². The summed E-state index contributed by atoms with van der Waals surface area (Å²) >= 11 is 0. The van der Waals surface area contributed by atoms with Crippen LogP contribution in [-0.4, -0.2) is 18.4 Å². The molecule has 2 unspecified atom stereocenters. The molecule has 2 aliphatic rings. The number of hydrogen-bond donors (Lipinski definition) is 0. The van der Waals surface area contributed by atoms with E-state index >= 15 is 0 Å². The van der Waals surface area contributed by atoms with Crippen molar-refractivity contribution in [3.63, 3.8) is 0 Å². The van der Waals surface area contributed by atoms with E-state index in [1.807, 2.05) is 54.7 Å². The minimum absolute atomic E-state index is 0.0806. The highest BCUT2D eigenvalue weighted by Crippen LogP contribution is 2.39. The van der Waals surface area contributed by atoms with E-state index in [-0.39, 0.29) is 12.0 Å². The molecular formula is C26H19N3O2. The molecule has 0 saturated heterocycles. The molecule has 150 valence electrons. The minimum atomic E-state index is -0.155. The lowest BCUT2D eigenvalue weighted by molar-refractivity contribution is 0.0479. The molecule has 5 nitrogen and oxygen atoms in total. The first-order valence-corrected chi connectivity index (χ1v) is 10.2. The van der Waals surface area contributed by atoms with Crippen molar-refractivity contribution in [1.82, 2.24) is 0 Å². The number of ether oxygens (including phenoxy) is 2.